The van der Waals surface area contributed by atoms with Crippen molar-refractivity contribution in [1.29, 1.82) is 0 Å². The second-order valence-electron chi connectivity index (χ2n) is 3.75. The van der Waals surface area contributed by atoms with Crippen molar-refractivity contribution in [3.05, 3.63) is 35.5 Å². The Bertz CT molecular complexity index is 468. The molecule has 1 atom stereocenters. The molecule has 0 radical (unpaired) electrons. The third kappa shape index (κ3) is 1.15. The number of aromatic nitrogens is 1. The average Bonchev–Trinajstić information content (AvgIpc) is 2.41. The molecule has 1 N–H and O–H groups in total. The first-order valence-corrected chi connectivity index (χ1v) is 4.85. The highest BCUT2D eigenvalue weighted by Gasteiger charge is 2.14. The van der Waals surface area contributed by atoms with Gasteiger partial charge in [-0.25, -0.2) is 0 Å². The van der Waals surface area contributed by atoms with E-state index in [-0.39, 0.29) is 0 Å². The van der Waals surface area contributed by atoms with Crippen LogP contribution in [0.1, 0.15) is 24.3 Å². The Morgan fingerprint density at radius 2 is 1.93 bits per heavy atom. The van der Waals surface area contributed by atoms with Crippen LogP contribution >= 0.6 is 0 Å². The fraction of sp³-hybridized carbons (Fsp3) is 0.333. The molecule has 0 spiro atoms. The molecule has 2 nitrogen and oxygen atoms in total. The molecule has 0 amide bonds. The Morgan fingerprint density at radius 3 is 2.57 bits per heavy atom. The normalized spacial score (nSPS) is 13.4. The maximum absolute atomic E-state index is 9.70. The minimum atomic E-state index is -0.402. The molecular weight excluding hydrogens is 174 g/mol. The van der Waals surface area contributed by atoms with Gasteiger partial charge in [-0.2, -0.15) is 0 Å². The third-order valence-corrected chi connectivity index (χ3v) is 2.87. The Morgan fingerprint density at radius 1 is 1.29 bits per heavy atom. The van der Waals surface area contributed by atoms with E-state index in [1.807, 2.05) is 33.0 Å². The summed E-state index contributed by atoms with van der Waals surface area (Å²) in [6.07, 6.45) is -0.402. The number of nitrogens with zero attached hydrogens (tertiary/aromatic N) is 1. The molecule has 2 rings (SSSR count). The summed E-state index contributed by atoms with van der Waals surface area (Å²) in [5.74, 6) is 0. The molecule has 2 aromatic rings. The summed E-state index contributed by atoms with van der Waals surface area (Å²) in [4.78, 5) is 0. The lowest BCUT2D eigenvalue weighted by atomic mass is 10.1. The number of benzene rings is 1. The van der Waals surface area contributed by atoms with Gasteiger partial charge in [-0.3, -0.25) is 0 Å². The molecule has 0 bridgehead atoms. The minimum absolute atomic E-state index is 0.402. The van der Waals surface area contributed by atoms with Crippen LogP contribution in [0.25, 0.3) is 10.9 Å². The Kier molecular flexibility index (Phi) is 2.08. The van der Waals surface area contributed by atoms with Gasteiger partial charge in [0, 0.05) is 29.2 Å². The van der Waals surface area contributed by atoms with Crippen LogP contribution in [0.2, 0.25) is 0 Å². The van der Waals surface area contributed by atoms with E-state index in [2.05, 4.69) is 16.7 Å². The van der Waals surface area contributed by atoms with E-state index in [1.165, 1.54) is 5.52 Å². The Balaban J connectivity index is 2.88. The van der Waals surface area contributed by atoms with Crippen molar-refractivity contribution in [1.82, 2.24) is 4.57 Å². The molecule has 1 heterocycles. The number of aliphatic hydroxyl groups is 1. The molecule has 2 heteroatoms. The Labute approximate surface area is 83.8 Å². The number of hydrogen-bond donors (Lipinski definition) is 1. The lowest BCUT2D eigenvalue weighted by Crippen LogP contribution is -1.95. The summed E-state index contributed by atoms with van der Waals surface area (Å²) in [7, 11) is 2.03. The van der Waals surface area contributed by atoms with Crippen LogP contribution in [0.4, 0.5) is 0 Å². The highest BCUT2D eigenvalue weighted by Crippen LogP contribution is 2.29. The number of rotatable bonds is 1. The first-order valence-electron chi connectivity index (χ1n) is 4.85. The maximum Gasteiger partial charge on any atom is 0.0785 e. The smallest absolute Gasteiger partial charge is 0.0785 e. The first-order chi connectivity index (χ1) is 6.63. The van der Waals surface area contributed by atoms with Crippen molar-refractivity contribution in [2.24, 2.45) is 7.05 Å². The van der Waals surface area contributed by atoms with Gasteiger partial charge in [-0.05, 0) is 19.9 Å². The van der Waals surface area contributed by atoms with Crippen LogP contribution in [-0.2, 0) is 7.05 Å². The summed E-state index contributed by atoms with van der Waals surface area (Å²) >= 11 is 0. The Hall–Kier alpha value is -1.28. The van der Waals surface area contributed by atoms with Gasteiger partial charge < -0.3 is 9.67 Å². The molecule has 1 aromatic heterocycles. The van der Waals surface area contributed by atoms with Crippen LogP contribution < -0.4 is 0 Å². The van der Waals surface area contributed by atoms with Gasteiger partial charge in [0.1, 0.15) is 0 Å². The molecule has 0 fully saturated rings. The number of para-hydroxylation sites is 1. The van der Waals surface area contributed by atoms with E-state index >= 15 is 0 Å². The second-order valence-corrected chi connectivity index (χ2v) is 3.75. The molecule has 14 heavy (non-hydrogen) atoms. The first kappa shape index (κ1) is 9.28. The molecule has 0 aliphatic rings. The summed E-state index contributed by atoms with van der Waals surface area (Å²) in [6.45, 7) is 3.86. The van der Waals surface area contributed by atoms with Gasteiger partial charge in [0.25, 0.3) is 0 Å². The van der Waals surface area contributed by atoms with Gasteiger partial charge in [0.05, 0.1) is 6.10 Å². The minimum Gasteiger partial charge on any atom is -0.389 e. The monoisotopic (exact) mass is 189 g/mol. The molecule has 0 saturated heterocycles. The van der Waals surface area contributed by atoms with Crippen LogP contribution in [-0.4, -0.2) is 9.67 Å². The maximum atomic E-state index is 9.70. The van der Waals surface area contributed by atoms with Crippen molar-refractivity contribution in [2.45, 2.75) is 20.0 Å². The van der Waals surface area contributed by atoms with E-state index in [9.17, 15) is 5.11 Å². The number of aliphatic hydroxyl groups excluding tert-OH is 1. The third-order valence-electron chi connectivity index (χ3n) is 2.87. The van der Waals surface area contributed by atoms with E-state index in [0.717, 1.165) is 16.6 Å². The van der Waals surface area contributed by atoms with Crippen molar-refractivity contribution in [3.63, 3.8) is 0 Å². The zero-order valence-electron chi connectivity index (χ0n) is 8.78. The van der Waals surface area contributed by atoms with Gasteiger partial charge in [-0.15, -0.1) is 0 Å². The summed E-state index contributed by atoms with van der Waals surface area (Å²) in [5.41, 5.74) is 3.37. The van der Waals surface area contributed by atoms with Gasteiger partial charge in [0.15, 0.2) is 0 Å². The quantitative estimate of drug-likeness (QED) is 0.732. The molecule has 0 aliphatic heterocycles. The van der Waals surface area contributed by atoms with Gasteiger partial charge in [0.2, 0.25) is 0 Å². The zero-order chi connectivity index (χ0) is 10.3. The highest BCUT2D eigenvalue weighted by atomic mass is 16.3. The van der Waals surface area contributed by atoms with Gasteiger partial charge in [-0.1, -0.05) is 18.2 Å². The zero-order valence-corrected chi connectivity index (χ0v) is 8.78. The van der Waals surface area contributed by atoms with Crippen molar-refractivity contribution >= 4 is 10.9 Å². The fourth-order valence-corrected chi connectivity index (χ4v) is 2.08. The predicted octanol–water partition coefficient (Wildman–Crippen LogP) is 2.54. The van der Waals surface area contributed by atoms with E-state index in [1.54, 1.807) is 0 Å². The highest BCUT2D eigenvalue weighted by molar-refractivity contribution is 5.85. The number of hydrogen-bond acceptors (Lipinski definition) is 1. The lowest BCUT2D eigenvalue weighted by Gasteiger charge is -2.04. The number of fused-ring (bicyclic) bond motifs is 1. The molecular formula is C12H15NO. The molecule has 0 aliphatic carbocycles. The van der Waals surface area contributed by atoms with Crippen molar-refractivity contribution in [2.75, 3.05) is 0 Å². The van der Waals surface area contributed by atoms with Gasteiger partial charge >= 0.3 is 0 Å². The lowest BCUT2D eigenvalue weighted by molar-refractivity contribution is 0.200. The largest absolute Gasteiger partial charge is 0.389 e. The summed E-state index contributed by atoms with van der Waals surface area (Å²) in [6, 6.07) is 8.17. The molecule has 0 unspecified atom stereocenters. The van der Waals surface area contributed by atoms with E-state index in [0.29, 0.717) is 0 Å². The van der Waals surface area contributed by atoms with Crippen LogP contribution in [0.3, 0.4) is 0 Å². The SMILES string of the molecule is Cc1c([C@H](C)O)c2ccccc2n1C. The van der Waals surface area contributed by atoms with Crippen LogP contribution in [0.5, 0.6) is 0 Å². The number of aryl methyl sites for hydroxylation is 1. The van der Waals surface area contributed by atoms with Crippen molar-refractivity contribution in [3.8, 4) is 0 Å². The molecule has 74 valence electrons. The van der Waals surface area contributed by atoms with E-state index < -0.39 is 6.10 Å². The predicted molar refractivity (Wildman–Crippen MR) is 58.3 cm³/mol. The summed E-state index contributed by atoms with van der Waals surface area (Å²) < 4.78 is 2.12. The van der Waals surface area contributed by atoms with Crippen molar-refractivity contribution < 1.29 is 5.11 Å². The molecule has 0 saturated carbocycles. The fourth-order valence-electron chi connectivity index (χ4n) is 2.08. The van der Waals surface area contributed by atoms with Crippen LogP contribution in [0.15, 0.2) is 24.3 Å². The standard InChI is InChI=1S/C12H15NO/c1-8-12(9(2)14)10-6-4-5-7-11(10)13(8)3/h4-7,9,14H,1-3H3/t9-/m0/s1. The van der Waals surface area contributed by atoms with E-state index in [4.69, 9.17) is 0 Å². The molecule has 1 aromatic carbocycles. The topological polar surface area (TPSA) is 25.2 Å². The summed E-state index contributed by atoms with van der Waals surface area (Å²) in [5, 5.41) is 10.9. The van der Waals surface area contributed by atoms with Crippen LogP contribution in [0, 0.1) is 6.92 Å². The second kappa shape index (κ2) is 3.14. The average molecular weight is 189 g/mol.